The van der Waals surface area contributed by atoms with Crippen LogP contribution in [-0.2, 0) is 0 Å². The number of benzene rings is 1. The van der Waals surface area contributed by atoms with Crippen LogP contribution in [0.2, 0.25) is 5.02 Å². The zero-order valence-corrected chi connectivity index (χ0v) is 8.80. The molecule has 1 aliphatic carbocycles. The van der Waals surface area contributed by atoms with Gasteiger partial charge in [-0.2, -0.15) is 0 Å². The van der Waals surface area contributed by atoms with Crippen LogP contribution in [0, 0.1) is 0 Å². The van der Waals surface area contributed by atoms with E-state index >= 15 is 0 Å². The van der Waals surface area contributed by atoms with Gasteiger partial charge in [-0.25, -0.2) is 0 Å². The Hall–Kier alpha value is -0.730. The third kappa shape index (κ3) is 1.72. The van der Waals surface area contributed by atoms with Crippen LogP contribution in [-0.4, -0.2) is 6.04 Å². The van der Waals surface area contributed by atoms with Gasteiger partial charge in [-0.05, 0) is 36.6 Å². The Kier molecular flexibility index (Phi) is 2.66. The van der Waals surface area contributed by atoms with E-state index in [2.05, 4.69) is 0 Å². The minimum Gasteiger partial charge on any atom is -0.398 e. The van der Waals surface area contributed by atoms with Crippen molar-refractivity contribution in [3.63, 3.8) is 0 Å². The molecule has 0 spiro atoms. The number of halogens is 1. The molecule has 76 valence electrons. The summed E-state index contributed by atoms with van der Waals surface area (Å²) in [6.07, 6.45) is 3.42. The van der Waals surface area contributed by atoms with Gasteiger partial charge >= 0.3 is 0 Å². The fraction of sp³-hybridized carbons (Fsp3) is 0.455. The summed E-state index contributed by atoms with van der Waals surface area (Å²) in [5, 5.41) is 0.744. The van der Waals surface area contributed by atoms with Crippen molar-refractivity contribution in [2.75, 3.05) is 5.73 Å². The third-order valence-corrected chi connectivity index (χ3v) is 3.25. The van der Waals surface area contributed by atoms with E-state index in [4.69, 9.17) is 23.1 Å². The van der Waals surface area contributed by atoms with Gasteiger partial charge < -0.3 is 11.5 Å². The summed E-state index contributed by atoms with van der Waals surface area (Å²) in [5.74, 6) is 0.397. The van der Waals surface area contributed by atoms with Gasteiger partial charge in [-0.15, -0.1) is 0 Å². The lowest BCUT2D eigenvalue weighted by molar-refractivity contribution is 0.614. The van der Waals surface area contributed by atoms with Crippen LogP contribution in [0.15, 0.2) is 18.2 Å². The molecule has 2 rings (SSSR count). The van der Waals surface area contributed by atoms with Crippen molar-refractivity contribution in [3.05, 3.63) is 28.8 Å². The molecule has 14 heavy (non-hydrogen) atoms. The van der Waals surface area contributed by atoms with E-state index in [1.165, 1.54) is 6.42 Å². The normalized spacial score (nSPS) is 26.7. The Morgan fingerprint density at radius 3 is 2.71 bits per heavy atom. The van der Waals surface area contributed by atoms with Crippen molar-refractivity contribution < 1.29 is 0 Å². The van der Waals surface area contributed by atoms with E-state index < -0.39 is 0 Å². The maximum absolute atomic E-state index is 6.03. The summed E-state index contributed by atoms with van der Waals surface area (Å²) in [6, 6.07) is 5.88. The van der Waals surface area contributed by atoms with Crippen molar-refractivity contribution in [2.45, 2.75) is 31.2 Å². The van der Waals surface area contributed by atoms with Crippen molar-refractivity contribution in [1.82, 2.24) is 0 Å². The Morgan fingerprint density at radius 2 is 2.07 bits per heavy atom. The Morgan fingerprint density at radius 1 is 1.29 bits per heavy atom. The molecule has 1 saturated carbocycles. The van der Waals surface area contributed by atoms with Gasteiger partial charge in [0.25, 0.3) is 0 Å². The predicted molar refractivity (Wildman–Crippen MR) is 60.4 cm³/mol. The summed E-state index contributed by atoms with van der Waals surface area (Å²) in [7, 11) is 0. The van der Waals surface area contributed by atoms with Crippen LogP contribution in [0.4, 0.5) is 5.69 Å². The minimum absolute atomic E-state index is 0.246. The zero-order valence-electron chi connectivity index (χ0n) is 8.04. The molecule has 2 atom stereocenters. The first-order chi connectivity index (χ1) is 6.68. The summed E-state index contributed by atoms with van der Waals surface area (Å²) in [5.41, 5.74) is 13.9. The van der Waals surface area contributed by atoms with Crippen molar-refractivity contribution in [3.8, 4) is 0 Å². The number of hydrogen-bond donors (Lipinski definition) is 2. The van der Waals surface area contributed by atoms with Gasteiger partial charge in [0.1, 0.15) is 0 Å². The lowest BCUT2D eigenvalue weighted by Crippen LogP contribution is -2.23. The topological polar surface area (TPSA) is 52.0 Å². The van der Waals surface area contributed by atoms with Gasteiger partial charge in [0, 0.05) is 22.7 Å². The molecule has 1 aromatic carbocycles. The molecule has 1 aliphatic rings. The largest absolute Gasteiger partial charge is 0.398 e. The van der Waals surface area contributed by atoms with Gasteiger partial charge in [-0.3, -0.25) is 0 Å². The first-order valence-corrected chi connectivity index (χ1v) is 5.37. The summed E-state index contributed by atoms with van der Waals surface area (Å²) in [6.45, 7) is 0. The standard InChI is InChI=1S/C11H15ClN2/c12-7-4-5-11(14)9(6-7)8-2-1-3-10(8)13/h4-6,8,10H,1-3,13-14H2. The molecule has 0 radical (unpaired) electrons. The smallest absolute Gasteiger partial charge is 0.0410 e. The second kappa shape index (κ2) is 3.79. The fourth-order valence-corrected chi connectivity index (χ4v) is 2.42. The molecule has 4 N–H and O–H groups in total. The average molecular weight is 211 g/mol. The van der Waals surface area contributed by atoms with E-state index in [1.54, 1.807) is 0 Å². The molecule has 0 aliphatic heterocycles. The van der Waals surface area contributed by atoms with Gasteiger partial charge in [0.2, 0.25) is 0 Å². The van der Waals surface area contributed by atoms with Gasteiger partial charge in [0.15, 0.2) is 0 Å². The fourth-order valence-electron chi connectivity index (χ4n) is 2.24. The minimum atomic E-state index is 0.246. The number of hydrogen-bond acceptors (Lipinski definition) is 2. The van der Waals surface area contributed by atoms with Crippen LogP contribution in [0.1, 0.15) is 30.7 Å². The third-order valence-electron chi connectivity index (χ3n) is 3.02. The lowest BCUT2D eigenvalue weighted by atomic mass is 9.93. The van der Waals surface area contributed by atoms with Crippen LogP contribution >= 0.6 is 11.6 Å². The van der Waals surface area contributed by atoms with Crippen LogP contribution in [0.3, 0.4) is 0 Å². The SMILES string of the molecule is Nc1ccc(Cl)cc1C1CCCC1N. The number of nitrogen functional groups attached to an aromatic ring is 1. The van der Waals surface area contributed by atoms with E-state index in [0.717, 1.165) is 29.1 Å². The quantitative estimate of drug-likeness (QED) is 0.700. The molecule has 2 unspecified atom stereocenters. The van der Waals surface area contributed by atoms with Crippen LogP contribution in [0.25, 0.3) is 0 Å². The molecular weight excluding hydrogens is 196 g/mol. The molecule has 2 nitrogen and oxygen atoms in total. The summed E-state index contributed by atoms with van der Waals surface area (Å²) >= 11 is 5.95. The zero-order chi connectivity index (χ0) is 10.1. The van der Waals surface area contributed by atoms with Crippen molar-refractivity contribution in [2.24, 2.45) is 5.73 Å². The average Bonchev–Trinajstić information content (AvgIpc) is 2.56. The maximum atomic E-state index is 6.03. The van der Waals surface area contributed by atoms with E-state index in [1.807, 2.05) is 18.2 Å². The molecular formula is C11H15ClN2. The molecule has 3 heteroatoms. The maximum Gasteiger partial charge on any atom is 0.0410 e. The summed E-state index contributed by atoms with van der Waals surface area (Å²) in [4.78, 5) is 0. The van der Waals surface area contributed by atoms with E-state index in [-0.39, 0.29) is 6.04 Å². The molecule has 0 aromatic heterocycles. The first kappa shape index (κ1) is 9.81. The molecule has 1 fully saturated rings. The van der Waals surface area contributed by atoms with Crippen LogP contribution < -0.4 is 11.5 Å². The monoisotopic (exact) mass is 210 g/mol. The molecule has 0 bridgehead atoms. The van der Waals surface area contributed by atoms with Crippen molar-refractivity contribution >= 4 is 17.3 Å². The highest BCUT2D eigenvalue weighted by molar-refractivity contribution is 6.30. The molecule has 0 amide bonds. The second-order valence-corrected chi connectivity index (χ2v) is 4.41. The molecule has 1 aromatic rings. The highest BCUT2D eigenvalue weighted by Gasteiger charge is 2.26. The van der Waals surface area contributed by atoms with Gasteiger partial charge in [-0.1, -0.05) is 18.0 Å². The van der Waals surface area contributed by atoms with Crippen LogP contribution in [0.5, 0.6) is 0 Å². The Bertz CT molecular complexity index is 338. The number of rotatable bonds is 1. The van der Waals surface area contributed by atoms with E-state index in [0.29, 0.717) is 5.92 Å². The van der Waals surface area contributed by atoms with Gasteiger partial charge in [0.05, 0.1) is 0 Å². The number of anilines is 1. The van der Waals surface area contributed by atoms with E-state index in [9.17, 15) is 0 Å². The lowest BCUT2D eigenvalue weighted by Gasteiger charge is -2.17. The second-order valence-electron chi connectivity index (χ2n) is 3.97. The van der Waals surface area contributed by atoms with Crippen molar-refractivity contribution in [1.29, 1.82) is 0 Å². The summed E-state index contributed by atoms with van der Waals surface area (Å²) < 4.78 is 0. The highest BCUT2D eigenvalue weighted by atomic mass is 35.5. The Balaban J connectivity index is 2.34. The molecule has 0 saturated heterocycles. The molecule has 0 heterocycles. The first-order valence-electron chi connectivity index (χ1n) is 4.99. The number of nitrogens with two attached hydrogens (primary N) is 2. The highest BCUT2D eigenvalue weighted by Crippen LogP contribution is 2.37. The Labute approximate surface area is 89.2 Å². The predicted octanol–water partition coefficient (Wildman–Crippen LogP) is 2.52.